The van der Waals surface area contributed by atoms with E-state index in [1.165, 1.54) is 7.69 Å². The van der Waals surface area contributed by atoms with Crippen molar-refractivity contribution in [3.05, 3.63) is 48.5 Å². The van der Waals surface area contributed by atoms with Gasteiger partial charge in [-0.05, 0) is 48.5 Å². The topological polar surface area (TPSA) is 36.9 Å². The van der Waals surface area contributed by atoms with Crippen LogP contribution in [-0.2, 0) is 0 Å². The molecule has 0 atom stereocenters. The molecular weight excluding hydrogens is 307 g/mol. The zero-order valence-electron chi connectivity index (χ0n) is 11.1. The number of benzene rings is 2. The molecule has 0 fully saturated rings. The van der Waals surface area contributed by atoms with Gasteiger partial charge in [-0.2, -0.15) is 0 Å². The van der Waals surface area contributed by atoms with E-state index in [1.807, 2.05) is 0 Å². The fraction of sp³-hybridized carbons (Fsp3) is 0.143. The highest BCUT2D eigenvalue weighted by molar-refractivity contribution is 7.80. The standard InChI is InChI=1S/C14H14BO4S2/c20-9-16-11-1-5-13(6-2-11)18-15-19-14-7-3-12(4-8-14)17-10-21/h1-8,20-21H,9-10H2. The molecule has 0 bridgehead atoms. The second-order valence-corrected chi connectivity index (χ2v) is 4.34. The lowest BCUT2D eigenvalue weighted by molar-refractivity contribution is 0.392. The Hall–Kier alpha value is -1.60. The highest BCUT2D eigenvalue weighted by Gasteiger charge is 2.02. The number of hydrogen-bond donors (Lipinski definition) is 2. The Morgan fingerprint density at radius 1 is 0.619 bits per heavy atom. The van der Waals surface area contributed by atoms with Gasteiger partial charge in [0.05, 0.1) is 0 Å². The third-order valence-electron chi connectivity index (χ3n) is 2.48. The number of rotatable bonds is 8. The zero-order valence-corrected chi connectivity index (χ0v) is 12.9. The van der Waals surface area contributed by atoms with Crippen LogP contribution in [0.2, 0.25) is 0 Å². The fourth-order valence-corrected chi connectivity index (χ4v) is 1.81. The van der Waals surface area contributed by atoms with E-state index in [9.17, 15) is 0 Å². The van der Waals surface area contributed by atoms with Crippen molar-refractivity contribution in [3.8, 4) is 23.0 Å². The SMILES string of the molecule is SCOc1ccc(O[B]Oc2ccc(OCS)cc2)cc1. The summed E-state index contributed by atoms with van der Waals surface area (Å²) in [6.45, 7) is 0. The molecule has 0 saturated carbocycles. The highest BCUT2D eigenvalue weighted by Crippen LogP contribution is 2.19. The molecule has 2 aromatic carbocycles. The summed E-state index contributed by atoms with van der Waals surface area (Å²) in [5.41, 5.74) is 0. The summed E-state index contributed by atoms with van der Waals surface area (Å²) in [5.74, 6) is 3.44. The molecule has 0 N–H and O–H groups in total. The van der Waals surface area contributed by atoms with Gasteiger partial charge in [-0.1, -0.05) is 0 Å². The molecule has 0 spiro atoms. The van der Waals surface area contributed by atoms with Gasteiger partial charge in [0.1, 0.15) is 34.9 Å². The first-order valence-electron chi connectivity index (χ1n) is 6.14. The minimum Gasteiger partial charge on any atom is -0.526 e. The van der Waals surface area contributed by atoms with E-state index in [0.717, 1.165) is 11.5 Å². The van der Waals surface area contributed by atoms with Crippen molar-refractivity contribution in [2.24, 2.45) is 0 Å². The third-order valence-corrected chi connectivity index (χ3v) is 2.74. The van der Waals surface area contributed by atoms with Crippen LogP contribution in [0.3, 0.4) is 0 Å². The maximum absolute atomic E-state index is 5.36. The van der Waals surface area contributed by atoms with Crippen LogP contribution in [0.4, 0.5) is 0 Å². The van der Waals surface area contributed by atoms with Crippen LogP contribution < -0.4 is 18.8 Å². The predicted octanol–water partition coefficient (Wildman–Crippen LogP) is 3.21. The van der Waals surface area contributed by atoms with E-state index >= 15 is 0 Å². The largest absolute Gasteiger partial charge is 0.658 e. The maximum atomic E-state index is 5.36. The van der Waals surface area contributed by atoms with Crippen molar-refractivity contribution in [2.75, 3.05) is 11.9 Å². The van der Waals surface area contributed by atoms with Crippen molar-refractivity contribution >= 4 is 32.9 Å². The Balaban J connectivity index is 1.78. The number of ether oxygens (including phenoxy) is 2. The fourth-order valence-electron chi connectivity index (χ4n) is 1.51. The van der Waals surface area contributed by atoms with Crippen molar-refractivity contribution < 1.29 is 18.8 Å². The van der Waals surface area contributed by atoms with E-state index in [1.54, 1.807) is 48.5 Å². The smallest absolute Gasteiger partial charge is 0.526 e. The number of hydrogen-bond acceptors (Lipinski definition) is 6. The normalized spacial score (nSPS) is 9.81. The molecule has 0 aromatic heterocycles. The minimum absolute atomic E-state index is 0.336. The van der Waals surface area contributed by atoms with Crippen molar-refractivity contribution in [1.29, 1.82) is 0 Å². The van der Waals surface area contributed by atoms with Crippen LogP contribution in [0.15, 0.2) is 48.5 Å². The van der Waals surface area contributed by atoms with Gasteiger partial charge in [-0.15, -0.1) is 25.3 Å². The van der Waals surface area contributed by atoms with Crippen LogP contribution in [0, 0.1) is 0 Å². The van der Waals surface area contributed by atoms with Gasteiger partial charge in [-0.3, -0.25) is 0 Å². The van der Waals surface area contributed by atoms with E-state index < -0.39 is 0 Å². The average Bonchev–Trinajstić information content (AvgIpc) is 2.51. The van der Waals surface area contributed by atoms with Gasteiger partial charge in [0.25, 0.3) is 0 Å². The molecule has 109 valence electrons. The maximum Gasteiger partial charge on any atom is 0.658 e. The second-order valence-electron chi connectivity index (χ2n) is 3.82. The van der Waals surface area contributed by atoms with E-state index in [-0.39, 0.29) is 0 Å². The Kier molecular flexibility index (Phi) is 6.49. The number of thiol groups is 2. The molecule has 7 heteroatoms. The molecule has 0 heterocycles. The summed E-state index contributed by atoms with van der Waals surface area (Å²) in [6.07, 6.45) is 0. The Morgan fingerprint density at radius 3 is 1.29 bits per heavy atom. The molecule has 0 aliphatic heterocycles. The highest BCUT2D eigenvalue weighted by atomic mass is 32.1. The molecule has 0 unspecified atom stereocenters. The van der Waals surface area contributed by atoms with Crippen LogP contribution in [0.1, 0.15) is 0 Å². The summed E-state index contributed by atoms with van der Waals surface area (Å²) in [4.78, 5) is 0. The van der Waals surface area contributed by atoms with E-state index in [2.05, 4.69) is 25.3 Å². The van der Waals surface area contributed by atoms with Gasteiger partial charge >= 0.3 is 7.69 Å². The summed E-state index contributed by atoms with van der Waals surface area (Å²) in [6, 6.07) is 14.3. The molecule has 0 saturated heterocycles. The lowest BCUT2D eigenvalue weighted by atomic mass is 10.3. The predicted molar refractivity (Wildman–Crippen MR) is 88.9 cm³/mol. The van der Waals surface area contributed by atoms with Gasteiger partial charge in [0.2, 0.25) is 0 Å². The summed E-state index contributed by atoms with van der Waals surface area (Å²) in [7, 11) is 1.27. The van der Waals surface area contributed by atoms with Gasteiger partial charge in [0, 0.05) is 0 Å². The Morgan fingerprint density at radius 2 is 0.952 bits per heavy atom. The average molecular weight is 321 g/mol. The molecular formula is C14H14BO4S2. The van der Waals surface area contributed by atoms with Gasteiger partial charge < -0.3 is 18.8 Å². The van der Waals surface area contributed by atoms with Crippen LogP contribution in [-0.4, -0.2) is 19.6 Å². The first kappa shape index (κ1) is 15.8. The molecule has 0 aliphatic rings. The molecule has 21 heavy (non-hydrogen) atoms. The minimum atomic E-state index is 0.336. The quantitative estimate of drug-likeness (QED) is 0.445. The first-order valence-corrected chi connectivity index (χ1v) is 7.41. The molecule has 0 amide bonds. The summed E-state index contributed by atoms with van der Waals surface area (Å²) >= 11 is 7.96. The Labute approximate surface area is 135 Å². The van der Waals surface area contributed by atoms with Gasteiger partial charge in [-0.25, -0.2) is 0 Å². The van der Waals surface area contributed by atoms with Gasteiger partial charge in [0.15, 0.2) is 0 Å². The molecule has 1 radical (unpaired) electrons. The Bertz CT molecular complexity index is 484. The first-order chi connectivity index (χ1) is 10.3. The van der Waals surface area contributed by atoms with Crippen LogP contribution in [0.5, 0.6) is 23.0 Å². The van der Waals surface area contributed by atoms with Crippen LogP contribution in [0.25, 0.3) is 0 Å². The van der Waals surface area contributed by atoms with Crippen molar-refractivity contribution in [1.82, 2.24) is 0 Å². The monoisotopic (exact) mass is 321 g/mol. The van der Waals surface area contributed by atoms with Crippen LogP contribution >= 0.6 is 25.3 Å². The van der Waals surface area contributed by atoms with E-state index in [4.69, 9.17) is 18.8 Å². The molecule has 2 aromatic rings. The lowest BCUT2D eigenvalue weighted by Gasteiger charge is -2.08. The summed E-state index contributed by atoms with van der Waals surface area (Å²) < 4.78 is 21.1. The molecule has 0 aliphatic carbocycles. The van der Waals surface area contributed by atoms with Crippen molar-refractivity contribution in [2.45, 2.75) is 0 Å². The van der Waals surface area contributed by atoms with Crippen molar-refractivity contribution in [3.63, 3.8) is 0 Å². The van der Waals surface area contributed by atoms with E-state index in [0.29, 0.717) is 23.4 Å². The lowest BCUT2D eigenvalue weighted by Crippen LogP contribution is -2.10. The second kappa shape index (κ2) is 8.64. The molecule has 2 rings (SSSR count). The summed E-state index contributed by atoms with van der Waals surface area (Å²) in [5, 5.41) is 0. The third kappa shape index (κ3) is 5.36. The zero-order chi connectivity index (χ0) is 14.9. The molecule has 4 nitrogen and oxygen atoms in total.